The van der Waals surface area contributed by atoms with Crippen LogP contribution in [0.25, 0.3) is 10.1 Å². The predicted molar refractivity (Wildman–Crippen MR) is 69.9 cm³/mol. The van der Waals surface area contributed by atoms with Gasteiger partial charge in [0.15, 0.2) is 6.29 Å². The number of benzene rings is 1. The van der Waals surface area contributed by atoms with Gasteiger partial charge in [0.25, 0.3) is 0 Å². The number of ether oxygens (including phenoxy) is 2. The minimum absolute atomic E-state index is 0.0967. The molecule has 1 radical (unpaired) electrons. The minimum atomic E-state index is -0.0967. The molecule has 2 heterocycles. The van der Waals surface area contributed by atoms with Gasteiger partial charge in [0.2, 0.25) is 0 Å². The Bertz CT molecular complexity index is 517. The van der Waals surface area contributed by atoms with Crippen LogP contribution in [0.15, 0.2) is 18.2 Å². The molecule has 3 rings (SSSR count). The molecular formula is C13H12ClO2S. The Balaban J connectivity index is 1.80. The van der Waals surface area contributed by atoms with Gasteiger partial charge in [-0.2, -0.15) is 0 Å². The first-order chi connectivity index (χ1) is 8.33. The average molecular weight is 268 g/mol. The van der Waals surface area contributed by atoms with E-state index in [2.05, 4.69) is 5.38 Å². The van der Waals surface area contributed by atoms with Crippen molar-refractivity contribution in [3.8, 4) is 5.75 Å². The first kappa shape index (κ1) is 11.3. The van der Waals surface area contributed by atoms with Crippen LogP contribution in [-0.4, -0.2) is 12.9 Å². The Kier molecular flexibility index (Phi) is 3.23. The molecule has 2 nitrogen and oxygen atoms in total. The largest absolute Gasteiger partial charge is 0.465 e. The molecule has 1 atom stereocenters. The molecule has 0 spiro atoms. The van der Waals surface area contributed by atoms with Crippen LogP contribution in [0, 0.1) is 5.38 Å². The van der Waals surface area contributed by atoms with Crippen LogP contribution in [0.3, 0.4) is 0 Å². The second-order valence-corrected chi connectivity index (χ2v) is 5.32. The molecule has 1 aromatic carbocycles. The van der Waals surface area contributed by atoms with E-state index in [0.29, 0.717) is 5.02 Å². The summed E-state index contributed by atoms with van der Waals surface area (Å²) in [4.78, 5) is 0. The molecule has 4 heteroatoms. The molecule has 2 aromatic rings. The van der Waals surface area contributed by atoms with Crippen molar-refractivity contribution in [1.82, 2.24) is 0 Å². The highest BCUT2D eigenvalue weighted by atomic mass is 35.5. The molecule has 1 aliphatic rings. The normalized spacial score (nSPS) is 20.6. The van der Waals surface area contributed by atoms with E-state index in [1.54, 1.807) is 0 Å². The number of fused-ring (bicyclic) bond motifs is 1. The van der Waals surface area contributed by atoms with Crippen LogP contribution < -0.4 is 4.74 Å². The standard InChI is InChI=1S/C13H12ClO2S/c14-11-8-17-12-7-9(4-5-10(11)12)16-13-3-1-2-6-15-13/h4-5,7,13H,1-3,6H2. The monoisotopic (exact) mass is 267 g/mol. The zero-order valence-electron chi connectivity index (χ0n) is 9.24. The summed E-state index contributed by atoms with van der Waals surface area (Å²) in [5.41, 5.74) is 0. The fourth-order valence-corrected chi connectivity index (χ4v) is 3.05. The topological polar surface area (TPSA) is 18.5 Å². The summed E-state index contributed by atoms with van der Waals surface area (Å²) in [6, 6.07) is 5.91. The summed E-state index contributed by atoms with van der Waals surface area (Å²) in [7, 11) is 0. The number of halogens is 1. The third-order valence-electron chi connectivity index (χ3n) is 2.85. The number of rotatable bonds is 2. The Hall–Kier alpha value is -0.770. The molecule has 0 saturated carbocycles. The SMILES string of the molecule is Clc1[c]sc2cc(OC3CCCCO3)ccc12. The lowest BCUT2D eigenvalue weighted by atomic mass is 10.2. The lowest BCUT2D eigenvalue weighted by Gasteiger charge is -2.23. The van der Waals surface area contributed by atoms with E-state index < -0.39 is 0 Å². The maximum absolute atomic E-state index is 6.01. The lowest BCUT2D eigenvalue weighted by molar-refractivity contribution is -0.105. The third kappa shape index (κ3) is 2.41. The average Bonchev–Trinajstić information content (AvgIpc) is 2.72. The first-order valence-electron chi connectivity index (χ1n) is 5.71. The molecule has 17 heavy (non-hydrogen) atoms. The Labute approximate surface area is 109 Å². The Morgan fingerprint density at radius 3 is 3.18 bits per heavy atom. The maximum atomic E-state index is 6.01. The predicted octanol–water partition coefficient (Wildman–Crippen LogP) is 4.26. The van der Waals surface area contributed by atoms with E-state index in [9.17, 15) is 0 Å². The number of thiophene rings is 1. The van der Waals surface area contributed by atoms with E-state index in [-0.39, 0.29) is 6.29 Å². The van der Waals surface area contributed by atoms with Crippen molar-refractivity contribution in [2.75, 3.05) is 6.61 Å². The zero-order valence-corrected chi connectivity index (χ0v) is 10.8. The second kappa shape index (κ2) is 4.84. The molecule has 1 fully saturated rings. The Morgan fingerprint density at radius 2 is 2.35 bits per heavy atom. The summed E-state index contributed by atoms with van der Waals surface area (Å²) in [6.07, 6.45) is 3.18. The van der Waals surface area contributed by atoms with Crippen molar-refractivity contribution in [3.63, 3.8) is 0 Å². The van der Waals surface area contributed by atoms with Crippen LogP contribution in [0.5, 0.6) is 5.75 Å². The van der Waals surface area contributed by atoms with E-state index in [1.165, 1.54) is 17.8 Å². The van der Waals surface area contributed by atoms with E-state index in [0.717, 1.165) is 35.3 Å². The third-order valence-corrected chi connectivity index (χ3v) is 4.12. The molecule has 89 valence electrons. The van der Waals surface area contributed by atoms with Crippen LogP contribution in [0.4, 0.5) is 0 Å². The highest BCUT2D eigenvalue weighted by molar-refractivity contribution is 7.17. The van der Waals surface area contributed by atoms with E-state index in [4.69, 9.17) is 21.1 Å². The molecular weight excluding hydrogens is 256 g/mol. The molecule has 1 aromatic heterocycles. The quantitative estimate of drug-likeness (QED) is 0.809. The number of hydrogen-bond donors (Lipinski definition) is 0. The maximum Gasteiger partial charge on any atom is 0.199 e. The van der Waals surface area contributed by atoms with E-state index >= 15 is 0 Å². The zero-order chi connectivity index (χ0) is 11.7. The molecule has 0 bridgehead atoms. The molecule has 1 unspecified atom stereocenters. The van der Waals surface area contributed by atoms with Gasteiger partial charge < -0.3 is 9.47 Å². The lowest BCUT2D eigenvalue weighted by Crippen LogP contribution is -2.24. The van der Waals surface area contributed by atoms with Crippen molar-refractivity contribution in [3.05, 3.63) is 28.6 Å². The van der Waals surface area contributed by atoms with Crippen molar-refractivity contribution < 1.29 is 9.47 Å². The van der Waals surface area contributed by atoms with Crippen LogP contribution in [-0.2, 0) is 4.74 Å². The molecule has 0 amide bonds. The summed E-state index contributed by atoms with van der Waals surface area (Å²) < 4.78 is 12.4. The summed E-state index contributed by atoms with van der Waals surface area (Å²) in [6.45, 7) is 0.797. The van der Waals surface area contributed by atoms with Crippen molar-refractivity contribution in [1.29, 1.82) is 0 Å². The Morgan fingerprint density at radius 1 is 1.41 bits per heavy atom. The fraction of sp³-hybridized carbons (Fsp3) is 0.385. The smallest absolute Gasteiger partial charge is 0.199 e. The van der Waals surface area contributed by atoms with E-state index in [1.807, 2.05) is 18.2 Å². The van der Waals surface area contributed by atoms with Crippen molar-refractivity contribution in [2.45, 2.75) is 25.6 Å². The summed E-state index contributed by atoms with van der Waals surface area (Å²) >= 11 is 7.52. The van der Waals surface area contributed by atoms with Crippen molar-refractivity contribution >= 4 is 33.0 Å². The number of hydrogen-bond acceptors (Lipinski definition) is 3. The fourth-order valence-electron chi connectivity index (χ4n) is 1.95. The van der Waals surface area contributed by atoms with Gasteiger partial charge in [0.05, 0.1) is 17.0 Å². The highest BCUT2D eigenvalue weighted by Gasteiger charge is 2.15. The van der Waals surface area contributed by atoms with Gasteiger partial charge in [-0.05, 0) is 31.0 Å². The van der Waals surface area contributed by atoms with Gasteiger partial charge in [0.1, 0.15) is 5.75 Å². The van der Waals surface area contributed by atoms with Gasteiger partial charge in [-0.3, -0.25) is 0 Å². The first-order valence-corrected chi connectivity index (χ1v) is 6.90. The molecule has 1 aliphatic heterocycles. The van der Waals surface area contributed by atoms with Gasteiger partial charge in [-0.15, -0.1) is 11.3 Å². The van der Waals surface area contributed by atoms with Gasteiger partial charge in [0, 0.05) is 16.5 Å². The van der Waals surface area contributed by atoms with Crippen LogP contribution in [0.1, 0.15) is 19.3 Å². The van der Waals surface area contributed by atoms with Crippen LogP contribution >= 0.6 is 22.9 Å². The highest BCUT2D eigenvalue weighted by Crippen LogP contribution is 2.32. The van der Waals surface area contributed by atoms with Crippen molar-refractivity contribution in [2.24, 2.45) is 0 Å². The van der Waals surface area contributed by atoms with Gasteiger partial charge >= 0.3 is 0 Å². The molecule has 1 saturated heterocycles. The molecule has 0 aliphatic carbocycles. The summed E-state index contributed by atoms with van der Waals surface area (Å²) in [5.74, 6) is 0.844. The molecule has 0 N–H and O–H groups in total. The van der Waals surface area contributed by atoms with Crippen LogP contribution in [0.2, 0.25) is 5.02 Å². The minimum Gasteiger partial charge on any atom is -0.465 e. The van der Waals surface area contributed by atoms with Gasteiger partial charge in [-0.25, -0.2) is 0 Å². The second-order valence-electron chi connectivity index (χ2n) is 4.09. The summed E-state index contributed by atoms with van der Waals surface area (Å²) in [5, 5.41) is 4.75. The van der Waals surface area contributed by atoms with Gasteiger partial charge in [-0.1, -0.05) is 11.6 Å².